The molecule has 11 heteroatoms. The molecule has 0 N–H and O–H groups in total. The van der Waals surface area contributed by atoms with Crippen molar-refractivity contribution in [2.75, 3.05) is 14.2 Å². The van der Waals surface area contributed by atoms with Crippen molar-refractivity contribution in [3.63, 3.8) is 0 Å². The predicted molar refractivity (Wildman–Crippen MR) is 53.8 cm³/mol. The molecule has 0 amide bonds. The maximum absolute atomic E-state index is 12.7. The van der Waals surface area contributed by atoms with Crippen LogP contribution in [0, 0.1) is 0 Å². The molecule has 21 heavy (non-hydrogen) atoms. The van der Waals surface area contributed by atoms with Crippen LogP contribution in [0.1, 0.15) is 16.2 Å². The summed E-state index contributed by atoms with van der Waals surface area (Å²) < 4.78 is 86.5. The summed E-state index contributed by atoms with van der Waals surface area (Å²) in [4.78, 5) is 14.1. The van der Waals surface area contributed by atoms with Crippen molar-refractivity contribution in [2.45, 2.75) is 12.5 Å². The van der Waals surface area contributed by atoms with Gasteiger partial charge in [0.05, 0.1) is 14.2 Å². The summed E-state index contributed by atoms with van der Waals surface area (Å²) in [6.07, 6.45) is -10.3. The van der Waals surface area contributed by atoms with Crippen LogP contribution in [0.4, 0.5) is 26.3 Å². The van der Waals surface area contributed by atoms with Gasteiger partial charge in [0, 0.05) is 6.07 Å². The summed E-state index contributed by atoms with van der Waals surface area (Å²) in [5.74, 6) is -3.82. The highest BCUT2D eigenvalue weighted by Crippen LogP contribution is 2.39. The highest BCUT2D eigenvalue weighted by atomic mass is 19.4. The predicted octanol–water partition coefficient (Wildman–Crippen LogP) is 2.79. The highest BCUT2D eigenvalue weighted by Gasteiger charge is 2.40. The third-order valence-electron chi connectivity index (χ3n) is 2.05. The Balaban J connectivity index is 3.52. The lowest BCUT2D eigenvalue weighted by Crippen LogP contribution is -2.22. The third-order valence-corrected chi connectivity index (χ3v) is 2.05. The molecule has 0 atom stereocenters. The van der Waals surface area contributed by atoms with Crippen molar-refractivity contribution in [3.8, 4) is 11.5 Å². The van der Waals surface area contributed by atoms with Gasteiger partial charge in [0.25, 0.3) is 0 Å². The molecule has 118 valence electrons. The minimum atomic E-state index is -5.24. The van der Waals surface area contributed by atoms with Crippen molar-refractivity contribution in [3.05, 3.63) is 17.5 Å². The second kappa shape index (κ2) is 5.66. The molecular formula is C10H7F6NO4. The monoisotopic (exact) mass is 319 g/mol. The van der Waals surface area contributed by atoms with Gasteiger partial charge in [-0.15, -0.1) is 13.2 Å². The molecule has 0 aliphatic rings. The van der Waals surface area contributed by atoms with E-state index in [2.05, 4.69) is 19.2 Å². The van der Waals surface area contributed by atoms with Gasteiger partial charge in [-0.1, -0.05) is 0 Å². The second-order valence-corrected chi connectivity index (χ2v) is 3.42. The van der Waals surface area contributed by atoms with E-state index in [0.29, 0.717) is 0 Å². The molecule has 1 aromatic heterocycles. The van der Waals surface area contributed by atoms with Crippen LogP contribution < -0.4 is 9.47 Å². The molecule has 1 rings (SSSR count). The van der Waals surface area contributed by atoms with E-state index in [1.165, 1.54) is 0 Å². The molecule has 0 radical (unpaired) electrons. The Kier molecular flexibility index (Phi) is 4.54. The second-order valence-electron chi connectivity index (χ2n) is 3.42. The van der Waals surface area contributed by atoms with Crippen LogP contribution in [0.25, 0.3) is 0 Å². The van der Waals surface area contributed by atoms with Crippen LogP contribution in [0.2, 0.25) is 0 Å². The maximum atomic E-state index is 12.7. The standard InChI is InChI=1S/C10H7F6NO4/c1-19-5-3-4(21-10(14,15)16)6(8(18)20-2)17-7(5)9(11,12)13/h3H,1-2H3. The Morgan fingerprint density at radius 3 is 2.05 bits per heavy atom. The number of ether oxygens (including phenoxy) is 3. The summed E-state index contributed by atoms with van der Waals surface area (Å²) in [5, 5.41) is 0. The van der Waals surface area contributed by atoms with Gasteiger partial charge in [-0.25, -0.2) is 9.78 Å². The van der Waals surface area contributed by atoms with Crippen LogP contribution in [0.3, 0.4) is 0 Å². The summed E-state index contributed by atoms with van der Waals surface area (Å²) >= 11 is 0. The van der Waals surface area contributed by atoms with Gasteiger partial charge in [0.2, 0.25) is 0 Å². The number of nitrogens with zero attached hydrogens (tertiary/aromatic N) is 1. The number of methoxy groups -OCH3 is 2. The van der Waals surface area contributed by atoms with Crippen LogP contribution in [0.15, 0.2) is 6.07 Å². The van der Waals surface area contributed by atoms with Crippen molar-refractivity contribution < 1.29 is 45.3 Å². The number of carbonyl (C=O) groups is 1. The maximum Gasteiger partial charge on any atom is 0.573 e. The fourth-order valence-corrected chi connectivity index (χ4v) is 1.28. The van der Waals surface area contributed by atoms with Gasteiger partial charge in [0.15, 0.2) is 22.9 Å². The van der Waals surface area contributed by atoms with E-state index >= 15 is 0 Å². The number of hydrogen-bond donors (Lipinski definition) is 0. The Morgan fingerprint density at radius 2 is 1.67 bits per heavy atom. The van der Waals surface area contributed by atoms with Crippen LogP contribution in [-0.2, 0) is 10.9 Å². The Morgan fingerprint density at radius 1 is 1.10 bits per heavy atom. The topological polar surface area (TPSA) is 57.7 Å². The summed E-state index contributed by atoms with van der Waals surface area (Å²) in [5.41, 5.74) is -2.96. The summed E-state index contributed by atoms with van der Waals surface area (Å²) in [6.45, 7) is 0. The van der Waals surface area contributed by atoms with Gasteiger partial charge < -0.3 is 14.2 Å². The van der Waals surface area contributed by atoms with E-state index in [1.54, 1.807) is 0 Å². The summed E-state index contributed by atoms with van der Waals surface area (Å²) in [6, 6.07) is 0.259. The highest BCUT2D eigenvalue weighted by molar-refractivity contribution is 5.90. The largest absolute Gasteiger partial charge is 0.573 e. The first-order valence-corrected chi connectivity index (χ1v) is 5.00. The Bertz CT molecular complexity index is 540. The zero-order valence-electron chi connectivity index (χ0n) is 10.4. The molecule has 0 aliphatic carbocycles. The first-order valence-electron chi connectivity index (χ1n) is 5.00. The van der Waals surface area contributed by atoms with Gasteiger partial charge in [-0.05, 0) is 0 Å². The van der Waals surface area contributed by atoms with Gasteiger partial charge in [-0.2, -0.15) is 13.2 Å². The third kappa shape index (κ3) is 4.13. The van der Waals surface area contributed by atoms with E-state index in [0.717, 1.165) is 14.2 Å². The molecule has 0 fully saturated rings. The number of pyridine rings is 1. The zero-order valence-corrected chi connectivity index (χ0v) is 10.4. The molecule has 0 saturated carbocycles. The fraction of sp³-hybridized carbons (Fsp3) is 0.400. The van der Waals surface area contributed by atoms with Crippen LogP contribution in [-0.4, -0.2) is 31.5 Å². The first-order chi connectivity index (χ1) is 9.49. The van der Waals surface area contributed by atoms with E-state index in [4.69, 9.17) is 0 Å². The number of alkyl halides is 6. The van der Waals surface area contributed by atoms with Crippen molar-refractivity contribution >= 4 is 5.97 Å². The average Bonchev–Trinajstić information content (AvgIpc) is 2.34. The molecule has 0 saturated heterocycles. The molecule has 0 bridgehead atoms. The fourth-order valence-electron chi connectivity index (χ4n) is 1.28. The number of carbonyl (C=O) groups excluding carboxylic acids is 1. The minimum absolute atomic E-state index is 0.259. The van der Waals surface area contributed by atoms with Crippen molar-refractivity contribution in [1.29, 1.82) is 0 Å². The first kappa shape index (κ1) is 16.9. The smallest absolute Gasteiger partial charge is 0.494 e. The molecule has 0 spiro atoms. The van der Waals surface area contributed by atoms with E-state index in [1.807, 2.05) is 0 Å². The number of hydrogen-bond acceptors (Lipinski definition) is 5. The minimum Gasteiger partial charge on any atom is -0.494 e. The van der Waals surface area contributed by atoms with Gasteiger partial charge in [-0.3, -0.25) is 0 Å². The van der Waals surface area contributed by atoms with E-state index < -0.39 is 41.4 Å². The lowest BCUT2D eigenvalue weighted by atomic mass is 10.2. The number of esters is 1. The lowest BCUT2D eigenvalue weighted by molar-refractivity contribution is -0.274. The Hall–Kier alpha value is -2.20. The molecule has 5 nitrogen and oxygen atoms in total. The SMILES string of the molecule is COC(=O)c1nc(C(F)(F)F)c(OC)cc1OC(F)(F)F. The van der Waals surface area contributed by atoms with Crippen molar-refractivity contribution in [1.82, 2.24) is 4.98 Å². The number of halogens is 6. The normalized spacial score (nSPS) is 12.0. The number of rotatable bonds is 3. The molecule has 1 heterocycles. The van der Waals surface area contributed by atoms with Crippen LogP contribution >= 0.6 is 0 Å². The molecule has 0 aromatic carbocycles. The number of aromatic nitrogens is 1. The van der Waals surface area contributed by atoms with Gasteiger partial charge in [0.1, 0.15) is 0 Å². The molecular weight excluding hydrogens is 312 g/mol. The zero-order chi connectivity index (χ0) is 16.4. The quantitative estimate of drug-likeness (QED) is 0.633. The van der Waals surface area contributed by atoms with Crippen LogP contribution in [0.5, 0.6) is 11.5 Å². The van der Waals surface area contributed by atoms with Crippen molar-refractivity contribution in [2.24, 2.45) is 0 Å². The van der Waals surface area contributed by atoms with E-state index in [9.17, 15) is 31.1 Å². The molecule has 1 aromatic rings. The molecule has 0 unspecified atom stereocenters. The van der Waals surface area contributed by atoms with Gasteiger partial charge >= 0.3 is 18.5 Å². The summed E-state index contributed by atoms with van der Waals surface area (Å²) in [7, 11) is 1.56. The average molecular weight is 319 g/mol. The van der Waals surface area contributed by atoms with E-state index in [-0.39, 0.29) is 6.07 Å². The lowest BCUT2D eigenvalue weighted by Gasteiger charge is -2.16. The molecule has 0 aliphatic heterocycles. The Labute approximate surface area is 113 Å².